The quantitative estimate of drug-likeness (QED) is 0.222. The molecule has 5 N–H and O–H groups in total. The van der Waals surface area contributed by atoms with E-state index in [0.717, 1.165) is 34.6 Å². The van der Waals surface area contributed by atoms with Crippen molar-refractivity contribution in [1.29, 1.82) is 0 Å². The highest BCUT2D eigenvalue weighted by Crippen LogP contribution is 2.19. The number of rotatable bonds is 9. The molecule has 4 aromatic rings. The van der Waals surface area contributed by atoms with E-state index in [0.29, 0.717) is 36.3 Å². The van der Waals surface area contributed by atoms with E-state index in [9.17, 15) is 4.79 Å². The maximum atomic E-state index is 12.7. The van der Waals surface area contributed by atoms with Crippen molar-refractivity contribution in [3.8, 4) is 17.2 Å². The lowest BCUT2D eigenvalue weighted by Crippen LogP contribution is -2.36. The average Bonchev–Trinajstić information content (AvgIpc) is 3.56. The van der Waals surface area contributed by atoms with Crippen molar-refractivity contribution in [1.82, 2.24) is 45.9 Å². The molecule has 12 nitrogen and oxygen atoms in total. The molecule has 1 fully saturated rings. The maximum absolute atomic E-state index is 12.7. The number of aryl methyl sites for hydroxylation is 1. The lowest BCUT2D eigenvalue weighted by molar-refractivity contribution is 0.0946. The molecule has 0 saturated carbocycles. The van der Waals surface area contributed by atoms with E-state index in [-0.39, 0.29) is 18.7 Å². The van der Waals surface area contributed by atoms with Crippen molar-refractivity contribution in [2.45, 2.75) is 45.4 Å². The third kappa shape index (κ3) is 6.17. The van der Waals surface area contributed by atoms with Crippen LogP contribution in [-0.4, -0.2) is 59.5 Å². The van der Waals surface area contributed by atoms with Crippen molar-refractivity contribution in [2.24, 2.45) is 0 Å². The first-order valence-electron chi connectivity index (χ1n) is 12.4. The Bertz CT molecular complexity index is 1390. The van der Waals surface area contributed by atoms with E-state index >= 15 is 0 Å². The smallest absolute Gasteiger partial charge is 0.270 e. The van der Waals surface area contributed by atoms with Gasteiger partial charge < -0.3 is 15.7 Å². The molecule has 5 rings (SSSR count). The lowest BCUT2D eigenvalue weighted by Gasteiger charge is -2.14. The maximum Gasteiger partial charge on any atom is 0.270 e. The van der Waals surface area contributed by atoms with Crippen LogP contribution in [0.5, 0.6) is 0 Å². The molecule has 38 heavy (non-hydrogen) atoms. The summed E-state index contributed by atoms with van der Waals surface area (Å²) in [7, 11) is 0. The highest BCUT2D eigenvalue weighted by molar-refractivity contribution is 5.92. The Labute approximate surface area is 219 Å². The van der Waals surface area contributed by atoms with Crippen molar-refractivity contribution in [2.75, 3.05) is 11.9 Å². The first-order chi connectivity index (χ1) is 18.5. The number of anilines is 1. The number of aromatic nitrogens is 6. The van der Waals surface area contributed by atoms with Crippen molar-refractivity contribution < 1.29 is 9.90 Å². The molecule has 0 bridgehead atoms. The second-order valence-corrected chi connectivity index (χ2v) is 9.25. The topological polar surface area (TPSA) is 155 Å². The number of aliphatic hydroxyl groups excluding tert-OH is 1. The van der Waals surface area contributed by atoms with Gasteiger partial charge in [-0.25, -0.2) is 25.1 Å². The summed E-state index contributed by atoms with van der Waals surface area (Å²) in [6.45, 7) is 4.41. The lowest BCUT2D eigenvalue weighted by atomic mass is 10.2. The second kappa shape index (κ2) is 11.4. The Morgan fingerprint density at radius 2 is 2.00 bits per heavy atom. The summed E-state index contributed by atoms with van der Waals surface area (Å²) in [5.41, 5.74) is 10.0. The number of aliphatic hydroxyl groups is 1. The van der Waals surface area contributed by atoms with E-state index in [1.165, 1.54) is 0 Å². The van der Waals surface area contributed by atoms with Gasteiger partial charge in [0.15, 0.2) is 11.6 Å². The predicted octanol–water partition coefficient (Wildman–Crippen LogP) is 1.52. The molecule has 4 aromatic heterocycles. The summed E-state index contributed by atoms with van der Waals surface area (Å²) in [6, 6.07) is 9.44. The van der Waals surface area contributed by atoms with Crippen LogP contribution in [0.3, 0.4) is 0 Å². The first kappa shape index (κ1) is 25.4. The highest BCUT2D eigenvalue weighted by atomic mass is 16.3. The molecule has 0 aromatic carbocycles. The molecule has 196 valence electrons. The zero-order valence-electron chi connectivity index (χ0n) is 21.2. The van der Waals surface area contributed by atoms with Gasteiger partial charge in [-0.2, -0.15) is 5.10 Å². The molecule has 1 amide bonds. The van der Waals surface area contributed by atoms with E-state index in [2.05, 4.69) is 53.4 Å². The van der Waals surface area contributed by atoms with Crippen LogP contribution in [0.2, 0.25) is 0 Å². The van der Waals surface area contributed by atoms with Crippen LogP contribution < -0.4 is 21.5 Å². The van der Waals surface area contributed by atoms with E-state index in [1.807, 2.05) is 31.3 Å². The van der Waals surface area contributed by atoms with Crippen LogP contribution >= 0.6 is 0 Å². The van der Waals surface area contributed by atoms with Gasteiger partial charge in [0.1, 0.15) is 11.5 Å². The molecule has 2 atom stereocenters. The zero-order chi connectivity index (χ0) is 26.5. The number of carbonyl (C=O) groups is 1. The Hall–Kier alpha value is -4.26. The van der Waals surface area contributed by atoms with Gasteiger partial charge in [0.2, 0.25) is 0 Å². The van der Waals surface area contributed by atoms with Crippen molar-refractivity contribution in [3.05, 3.63) is 77.6 Å². The molecule has 5 heterocycles. The molecule has 2 unspecified atom stereocenters. The Balaban J connectivity index is 1.18. The molecular weight excluding hydrogens is 484 g/mol. The minimum atomic E-state index is -0.289. The second-order valence-electron chi connectivity index (χ2n) is 9.25. The SMILES string of the molecule is Cc1cc(NC2CC(C)NN2)nc(-c2ccc(C(=O)NCc3ccc(-n4cc(CCO)cn4)nc3)nc2)n1. The Morgan fingerprint density at radius 1 is 1.11 bits per heavy atom. The number of hydrogen-bond acceptors (Lipinski definition) is 10. The Morgan fingerprint density at radius 3 is 2.71 bits per heavy atom. The molecule has 1 saturated heterocycles. The average molecular weight is 515 g/mol. The fraction of sp³-hybridized carbons (Fsp3) is 0.308. The summed E-state index contributed by atoms with van der Waals surface area (Å²) in [5, 5.41) is 19.6. The van der Waals surface area contributed by atoms with Gasteiger partial charge in [0.25, 0.3) is 5.91 Å². The largest absolute Gasteiger partial charge is 0.396 e. The van der Waals surface area contributed by atoms with E-state index < -0.39 is 0 Å². The number of nitrogens with one attached hydrogen (secondary N) is 4. The molecule has 0 aliphatic carbocycles. The van der Waals surface area contributed by atoms with Crippen LogP contribution in [-0.2, 0) is 13.0 Å². The molecule has 1 aliphatic rings. The summed E-state index contributed by atoms with van der Waals surface area (Å²) < 4.78 is 1.65. The third-order valence-electron chi connectivity index (χ3n) is 6.06. The number of amides is 1. The first-order valence-corrected chi connectivity index (χ1v) is 12.4. The number of hydrazine groups is 1. The predicted molar refractivity (Wildman–Crippen MR) is 141 cm³/mol. The standard InChI is InChI=1S/C26H30N10O2/c1-16-9-22(32-23-10-17(2)34-35-23)33-25(31-16)20-4-5-21(27-14-20)26(38)29-12-18-3-6-24(28-11-18)36-15-19(7-8-37)13-30-36/h3-6,9,11,13-15,17,23,34-35,37H,7-8,10,12H2,1-2H3,(H,29,38)(H,31,32,33). The molecule has 12 heteroatoms. The van der Waals surface area contributed by atoms with Crippen LogP contribution in [0.1, 0.15) is 40.7 Å². The van der Waals surface area contributed by atoms with Gasteiger partial charge in [0, 0.05) is 55.1 Å². The van der Waals surface area contributed by atoms with E-state index in [1.54, 1.807) is 35.4 Å². The minimum absolute atomic E-state index is 0.0727. The third-order valence-corrected chi connectivity index (χ3v) is 6.06. The van der Waals surface area contributed by atoms with Gasteiger partial charge in [-0.15, -0.1) is 0 Å². The molecular formula is C26H30N10O2. The fourth-order valence-electron chi connectivity index (χ4n) is 4.09. The number of nitrogens with zero attached hydrogens (tertiary/aromatic N) is 6. The van der Waals surface area contributed by atoms with Gasteiger partial charge in [-0.1, -0.05) is 6.07 Å². The minimum Gasteiger partial charge on any atom is -0.396 e. The van der Waals surface area contributed by atoms with Crippen molar-refractivity contribution in [3.63, 3.8) is 0 Å². The summed E-state index contributed by atoms with van der Waals surface area (Å²) >= 11 is 0. The molecule has 0 radical (unpaired) electrons. The molecule has 1 aliphatic heterocycles. The highest BCUT2D eigenvalue weighted by Gasteiger charge is 2.20. The molecule has 0 spiro atoms. The number of pyridine rings is 2. The summed E-state index contributed by atoms with van der Waals surface area (Å²) in [5.74, 6) is 1.63. The van der Waals surface area contributed by atoms with Gasteiger partial charge in [-0.05, 0) is 56.0 Å². The zero-order valence-corrected chi connectivity index (χ0v) is 21.2. The monoisotopic (exact) mass is 514 g/mol. The van der Waals surface area contributed by atoms with Crippen LogP contribution in [0, 0.1) is 6.92 Å². The normalized spacial score (nSPS) is 16.9. The summed E-state index contributed by atoms with van der Waals surface area (Å²) in [4.78, 5) is 30.6. The summed E-state index contributed by atoms with van der Waals surface area (Å²) in [6.07, 6.45) is 8.40. The van der Waals surface area contributed by atoms with Gasteiger partial charge in [0.05, 0.1) is 12.4 Å². The Kier molecular flexibility index (Phi) is 7.63. The fourth-order valence-corrected chi connectivity index (χ4v) is 4.09. The van der Waals surface area contributed by atoms with Crippen LogP contribution in [0.4, 0.5) is 5.82 Å². The van der Waals surface area contributed by atoms with E-state index in [4.69, 9.17) is 5.11 Å². The van der Waals surface area contributed by atoms with Gasteiger partial charge in [-0.3, -0.25) is 15.2 Å². The van der Waals surface area contributed by atoms with Gasteiger partial charge >= 0.3 is 0 Å². The number of carbonyl (C=O) groups excluding carboxylic acids is 1. The van der Waals surface area contributed by atoms with Crippen molar-refractivity contribution >= 4 is 11.7 Å². The van der Waals surface area contributed by atoms with Crippen LogP contribution in [0.25, 0.3) is 17.2 Å². The van der Waals surface area contributed by atoms with Crippen LogP contribution in [0.15, 0.2) is 55.1 Å². The number of hydrogen-bond donors (Lipinski definition) is 5.